The molecule has 0 spiro atoms. The van der Waals surface area contributed by atoms with Crippen LogP contribution in [0.15, 0.2) is 128 Å². The van der Waals surface area contributed by atoms with Crippen LogP contribution >= 0.6 is 0 Å². The van der Waals surface area contributed by atoms with Gasteiger partial charge < -0.3 is 9.14 Å². The summed E-state index contributed by atoms with van der Waals surface area (Å²) in [4.78, 5) is 9.79. The maximum Gasteiger partial charge on any atom is 0.219 e. The zero-order chi connectivity index (χ0) is 40.7. The summed E-state index contributed by atoms with van der Waals surface area (Å²) in [6, 6.07) is 41.8. The molecule has 4 aromatic heterocycles. The smallest absolute Gasteiger partial charge is 0.219 e. The van der Waals surface area contributed by atoms with Crippen molar-refractivity contribution in [1.29, 1.82) is 0 Å². The molecule has 4 aromatic carbocycles. The van der Waals surface area contributed by atoms with E-state index >= 15 is 0 Å². The molecular weight excluding hydrogens is 711 g/mol. The Morgan fingerprint density at radius 2 is 1.24 bits per heavy atom. The molecule has 6 heteroatoms. The van der Waals surface area contributed by atoms with Crippen LogP contribution in [0.4, 0.5) is 0 Å². The van der Waals surface area contributed by atoms with Crippen molar-refractivity contribution in [1.82, 2.24) is 24.1 Å². The normalized spacial score (nSPS) is 13.5. The van der Waals surface area contributed by atoms with Crippen LogP contribution in [0.5, 0.6) is 11.6 Å². The second-order valence-corrected chi connectivity index (χ2v) is 18.0. The van der Waals surface area contributed by atoms with Crippen LogP contribution in [0.1, 0.15) is 97.7 Å². The molecule has 0 fully saturated rings. The van der Waals surface area contributed by atoms with Gasteiger partial charge in [0.1, 0.15) is 0 Å². The van der Waals surface area contributed by atoms with Gasteiger partial charge in [-0.2, -0.15) is 5.10 Å². The van der Waals surface area contributed by atoms with E-state index in [1.165, 1.54) is 33.4 Å². The van der Waals surface area contributed by atoms with Crippen LogP contribution in [-0.4, -0.2) is 24.1 Å². The predicted octanol–water partition coefficient (Wildman–Crippen LogP) is 12.6. The van der Waals surface area contributed by atoms with Gasteiger partial charge in [0.25, 0.3) is 0 Å². The van der Waals surface area contributed by atoms with E-state index in [-0.39, 0.29) is 10.8 Å². The van der Waals surface area contributed by atoms with Gasteiger partial charge in [-0.1, -0.05) is 126 Å². The molecule has 6 nitrogen and oxygen atoms in total. The summed E-state index contributed by atoms with van der Waals surface area (Å²) in [6.07, 6.45) is 4.13. The lowest BCUT2D eigenvalue weighted by Gasteiger charge is -2.35. The summed E-state index contributed by atoms with van der Waals surface area (Å²) >= 11 is 0. The maximum absolute atomic E-state index is 6.89. The Morgan fingerprint density at radius 3 is 1.90 bits per heavy atom. The van der Waals surface area contributed by atoms with E-state index in [9.17, 15) is 0 Å². The second kappa shape index (κ2) is 13.4. The molecule has 0 amide bonds. The third kappa shape index (κ3) is 5.88. The van der Waals surface area contributed by atoms with E-state index in [0.717, 1.165) is 56.4 Å². The van der Waals surface area contributed by atoms with Gasteiger partial charge in [0.05, 0.1) is 22.5 Å². The molecule has 1 aliphatic rings. The molecule has 1 aliphatic carbocycles. The minimum Gasteiger partial charge on any atom is -0.435 e. The van der Waals surface area contributed by atoms with E-state index in [4.69, 9.17) is 19.8 Å². The summed E-state index contributed by atoms with van der Waals surface area (Å²) in [7, 11) is 0. The summed E-state index contributed by atoms with van der Waals surface area (Å²) in [5.74, 6) is 1.20. The molecule has 0 atom stereocenters. The Balaban J connectivity index is 1.37. The number of ether oxygens (including phenoxy) is 1. The molecule has 9 rings (SSSR count). The van der Waals surface area contributed by atoms with Crippen molar-refractivity contribution < 1.29 is 4.74 Å². The van der Waals surface area contributed by atoms with Crippen LogP contribution in [0.25, 0.3) is 33.6 Å². The Labute approximate surface area is 342 Å². The number of hydrogen-bond acceptors (Lipinski definition) is 4. The fourth-order valence-electron chi connectivity index (χ4n) is 8.99. The summed E-state index contributed by atoms with van der Waals surface area (Å²) in [5, 5.41) is 5.25. The van der Waals surface area contributed by atoms with Gasteiger partial charge in [-0.05, 0) is 113 Å². The molecule has 0 saturated heterocycles. The quantitative estimate of drug-likeness (QED) is 0.169. The fraction of sp³-hybridized carbons (Fsp3) is 0.250. The van der Waals surface area contributed by atoms with E-state index in [2.05, 4.69) is 200 Å². The molecule has 4 heterocycles. The van der Waals surface area contributed by atoms with Crippen molar-refractivity contribution in [2.75, 3.05) is 0 Å². The molecule has 0 saturated carbocycles. The highest BCUT2D eigenvalue weighted by molar-refractivity contribution is 5.87. The number of pyridine rings is 2. The molecule has 290 valence electrons. The highest BCUT2D eigenvalue weighted by Crippen LogP contribution is 2.57. The van der Waals surface area contributed by atoms with Crippen molar-refractivity contribution in [3.8, 4) is 39.6 Å². The van der Waals surface area contributed by atoms with Gasteiger partial charge in [0.2, 0.25) is 5.88 Å². The molecule has 0 aliphatic heterocycles. The number of hydrogen-bond donors (Lipinski definition) is 0. The molecule has 58 heavy (non-hydrogen) atoms. The molecule has 0 bridgehead atoms. The minimum atomic E-state index is -0.737. The van der Waals surface area contributed by atoms with Crippen molar-refractivity contribution in [3.05, 3.63) is 184 Å². The van der Waals surface area contributed by atoms with Gasteiger partial charge in [-0.3, -0.25) is 0 Å². The first-order valence-electron chi connectivity index (χ1n) is 20.3. The molecular formula is C52H51N5O. The zero-order valence-corrected chi connectivity index (χ0v) is 35.3. The standard InChI is InChI=1S/C52H51N5O/c1-32-34(3)56-31-40(29-46(49(56)54-32)58-47-30-37(24-25-53-47)50(5,6)7)52(44-22-16-14-20-42(44)43-21-15-17-23-45(43)52)39-26-38(51(8,9)10)27-41(28-39)57-35(4)48(33(2)55-57)36-18-12-11-13-19-36/h11-31H,1-10H3. The van der Waals surface area contributed by atoms with Crippen molar-refractivity contribution in [2.45, 2.75) is 85.5 Å². The number of nitrogens with zero attached hydrogens (tertiary/aromatic N) is 5. The Kier molecular flexibility index (Phi) is 8.63. The lowest BCUT2D eigenvalue weighted by atomic mass is 9.67. The van der Waals surface area contributed by atoms with Gasteiger partial charge in [-0.25, -0.2) is 14.6 Å². The van der Waals surface area contributed by atoms with Gasteiger partial charge in [0.15, 0.2) is 11.4 Å². The first kappa shape index (κ1) is 37.3. The van der Waals surface area contributed by atoms with Crippen molar-refractivity contribution in [3.63, 3.8) is 0 Å². The monoisotopic (exact) mass is 761 g/mol. The lowest BCUT2D eigenvalue weighted by Crippen LogP contribution is -2.30. The zero-order valence-electron chi connectivity index (χ0n) is 35.3. The number of rotatable bonds is 6. The number of benzene rings is 4. The minimum absolute atomic E-state index is 0.0663. The maximum atomic E-state index is 6.89. The largest absolute Gasteiger partial charge is 0.435 e. The average Bonchev–Trinajstić information content (AvgIpc) is 3.79. The Morgan fingerprint density at radius 1 is 0.603 bits per heavy atom. The van der Waals surface area contributed by atoms with Crippen LogP contribution in [0.3, 0.4) is 0 Å². The van der Waals surface area contributed by atoms with Crippen LogP contribution in [0.2, 0.25) is 0 Å². The van der Waals surface area contributed by atoms with Crippen LogP contribution in [-0.2, 0) is 16.2 Å². The second-order valence-electron chi connectivity index (χ2n) is 18.0. The predicted molar refractivity (Wildman–Crippen MR) is 236 cm³/mol. The van der Waals surface area contributed by atoms with E-state index < -0.39 is 5.41 Å². The number of aromatic nitrogens is 5. The van der Waals surface area contributed by atoms with Gasteiger partial charge >= 0.3 is 0 Å². The van der Waals surface area contributed by atoms with Crippen LogP contribution in [0, 0.1) is 27.7 Å². The lowest BCUT2D eigenvalue weighted by molar-refractivity contribution is 0.459. The van der Waals surface area contributed by atoms with Crippen LogP contribution < -0.4 is 4.74 Å². The first-order valence-corrected chi connectivity index (χ1v) is 20.3. The topological polar surface area (TPSA) is 57.2 Å². The van der Waals surface area contributed by atoms with E-state index in [1.807, 2.05) is 6.20 Å². The number of aryl methyl sites for hydroxylation is 3. The highest BCUT2D eigenvalue weighted by Gasteiger charge is 2.47. The number of imidazole rings is 1. The molecule has 0 unspecified atom stereocenters. The third-order valence-electron chi connectivity index (χ3n) is 12.2. The molecule has 0 N–H and O–H groups in total. The fourth-order valence-corrected chi connectivity index (χ4v) is 8.99. The Hall–Kier alpha value is -6.27. The average molecular weight is 762 g/mol. The van der Waals surface area contributed by atoms with E-state index in [1.54, 1.807) is 0 Å². The van der Waals surface area contributed by atoms with Crippen molar-refractivity contribution in [2.24, 2.45) is 0 Å². The summed E-state index contributed by atoms with van der Waals surface area (Å²) < 4.78 is 11.2. The number of fused-ring (bicyclic) bond motifs is 4. The van der Waals surface area contributed by atoms with Crippen molar-refractivity contribution >= 4 is 5.65 Å². The summed E-state index contributed by atoms with van der Waals surface area (Å²) in [6.45, 7) is 22.0. The molecule has 0 radical (unpaired) electrons. The Bertz CT molecular complexity index is 2840. The molecule has 8 aromatic rings. The third-order valence-corrected chi connectivity index (χ3v) is 12.2. The summed E-state index contributed by atoms with van der Waals surface area (Å²) in [5.41, 5.74) is 16.8. The highest BCUT2D eigenvalue weighted by atomic mass is 16.5. The first-order chi connectivity index (χ1) is 27.7. The van der Waals surface area contributed by atoms with Gasteiger partial charge in [-0.15, -0.1) is 0 Å². The van der Waals surface area contributed by atoms with E-state index in [0.29, 0.717) is 11.6 Å². The van der Waals surface area contributed by atoms with Gasteiger partial charge in [0, 0.05) is 35.4 Å². The SMILES string of the molecule is Cc1nn(-c2cc(C(C)(C)C)cc(C3(c4cc(Oc5cc(C(C)(C)C)ccn5)c5nc(C)c(C)n5c4)c4ccccc4-c4ccccc43)c2)c(C)c1-c1ccccc1.